The molecule has 0 aliphatic rings. The van der Waals surface area contributed by atoms with Crippen LogP contribution >= 0.6 is 27.5 Å². The van der Waals surface area contributed by atoms with E-state index in [2.05, 4.69) is 26.2 Å². The molecule has 0 aliphatic carbocycles. The van der Waals surface area contributed by atoms with Crippen LogP contribution in [0.15, 0.2) is 45.7 Å². The Balaban J connectivity index is 2.16. The van der Waals surface area contributed by atoms with Gasteiger partial charge in [0.25, 0.3) is 5.69 Å². The summed E-state index contributed by atoms with van der Waals surface area (Å²) < 4.78 is 0.919. The molecule has 7 nitrogen and oxygen atoms in total. The number of aromatic amines is 1. The second-order valence-electron chi connectivity index (χ2n) is 5.84. The van der Waals surface area contributed by atoms with E-state index in [1.807, 2.05) is 24.3 Å². The first-order valence-corrected chi connectivity index (χ1v) is 8.98. The van der Waals surface area contributed by atoms with Crippen molar-refractivity contribution in [1.82, 2.24) is 4.98 Å². The standard InChI is InChI=1S/C18H13BrClN3O4/c1-9(24)15-17(25)13-6-12(20)7-14(23(26)27)16(13)22-18(15)21-8-10-2-4-11(19)5-3-10/h2-7H,8H2,1H3,(H2,21,22,25). The third kappa shape index (κ3) is 3.86. The number of carbonyl (C=O) groups excluding carboxylic acids is 1. The number of rotatable bonds is 5. The minimum Gasteiger partial charge on any atom is -0.367 e. The second kappa shape index (κ2) is 7.50. The summed E-state index contributed by atoms with van der Waals surface area (Å²) in [6.07, 6.45) is 0. The van der Waals surface area contributed by atoms with E-state index < -0.39 is 16.1 Å². The van der Waals surface area contributed by atoms with Gasteiger partial charge in [-0.25, -0.2) is 0 Å². The number of benzene rings is 2. The highest BCUT2D eigenvalue weighted by molar-refractivity contribution is 9.10. The van der Waals surface area contributed by atoms with Crippen LogP contribution < -0.4 is 10.7 Å². The lowest BCUT2D eigenvalue weighted by Gasteiger charge is -2.12. The molecule has 0 bridgehead atoms. The molecule has 138 valence electrons. The highest BCUT2D eigenvalue weighted by Crippen LogP contribution is 2.29. The molecule has 2 N–H and O–H groups in total. The molecule has 1 heterocycles. The highest BCUT2D eigenvalue weighted by atomic mass is 79.9. The molecule has 3 aromatic rings. The van der Waals surface area contributed by atoms with Gasteiger partial charge in [-0.2, -0.15) is 0 Å². The van der Waals surface area contributed by atoms with Crippen LogP contribution in [0.4, 0.5) is 11.5 Å². The number of nitro groups is 1. The lowest BCUT2D eigenvalue weighted by Crippen LogP contribution is -2.19. The van der Waals surface area contributed by atoms with Crippen LogP contribution in [0.1, 0.15) is 22.8 Å². The Hall–Kier alpha value is -2.71. The van der Waals surface area contributed by atoms with Crippen molar-refractivity contribution >= 4 is 55.7 Å². The topological polar surface area (TPSA) is 105 Å². The Labute approximate surface area is 166 Å². The van der Waals surface area contributed by atoms with E-state index in [0.717, 1.165) is 16.1 Å². The number of nitro benzene ring substituents is 1. The fraction of sp³-hybridized carbons (Fsp3) is 0.111. The number of carbonyl (C=O) groups is 1. The van der Waals surface area contributed by atoms with Crippen LogP contribution in [-0.4, -0.2) is 15.7 Å². The number of fused-ring (bicyclic) bond motifs is 1. The van der Waals surface area contributed by atoms with Gasteiger partial charge in [0, 0.05) is 22.1 Å². The van der Waals surface area contributed by atoms with E-state index in [4.69, 9.17) is 11.6 Å². The van der Waals surface area contributed by atoms with E-state index >= 15 is 0 Å². The van der Waals surface area contributed by atoms with Crippen molar-refractivity contribution in [1.29, 1.82) is 0 Å². The fourth-order valence-corrected chi connectivity index (χ4v) is 3.22. The zero-order valence-electron chi connectivity index (χ0n) is 14.0. The molecule has 2 aromatic carbocycles. The fourth-order valence-electron chi connectivity index (χ4n) is 2.74. The SMILES string of the molecule is CC(=O)c1c(NCc2ccc(Br)cc2)[nH]c2c([N+](=O)[O-])cc(Cl)cc2c1=O. The summed E-state index contributed by atoms with van der Waals surface area (Å²) in [5.41, 5.74) is -0.135. The van der Waals surface area contributed by atoms with Crippen LogP contribution in [0.25, 0.3) is 10.9 Å². The Bertz CT molecular complexity index is 1130. The minimum absolute atomic E-state index is 0.00593. The molecule has 1 aromatic heterocycles. The smallest absolute Gasteiger partial charge is 0.294 e. The number of hydrogen-bond donors (Lipinski definition) is 2. The number of halogens is 2. The number of anilines is 1. The molecular weight excluding hydrogens is 438 g/mol. The van der Waals surface area contributed by atoms with Gasteiger partial charge in [0.1, 0.15) is 16.9 Å². The number of nitrogens with zero attached hydrogens (tertiary/aromatic N) is 1. The van der Waals surface area contributed by atoms with Crippen molar-refractivity contribution < 1.29 is 9.72 Å². The van der Waals surface area contributed by atoms with Gasteiger partial charge in [-0.15, -0.1) is 0 Å². The number of H-pyrrole nitrogens is 1. The molecule has 0 amide bonds. The van der Waals surface area contributed by atoms with Crippen molar-refractivity contribution in [3.8, 4) is 0 Å². The molecule has 27 heavy (non-hydrogen) atoms. The molecule has 0 atom stereocenters. The molecule has 0 spiro atoms. The molecule has 0 saturated carbocycles. The van der Waals surface area contributed by atoms with Crippen molar-refractivity contribution in [3.05, 3.63) is 77.4 Å². The lowest BCUT2D eigenvalue weighted by molar-refractivity contribution is -0.383. The number of hydrogen-bond acceptors (Lipinski definition) is 5. The summed E-state index contributed by atoms with van der Waals surface area (Å²) in [5.74, 6) is -0.326. The Kier molecular flexibility index (Phi) is 5.29. The van der Waals surface area contributed by atoms with Crippen LogP contribution in [0, 0.1) is 10.1 Å². The Morgan fingerprint density at radius 1 is 1.30 bits per heavy atom. The summed E-state index contributed by atoms with van der Waals surface area (Å²) in [6, 6.07) is 9.93. The first kappa shape index (κ1) is 19.1. The van der Waals surface area contributed by atoms with E-state index in [0.29, 0.717) is 6.54 Å². The molecule has 0 saturated heterocycles. The Morgan fingerprint density at radius 2 is 1.96 bits per heavy atom. The quantitative estimate of drug-likeness (QED) is 0.334. The van der Waals surface area contributed by atoms with Crippen LogP contribution in [0.3, 0.4) is 0 Å². The number of Topliss-reactive ketones (excluding diaryl/α,β-unsaturated/α-hetero) is 1. The van der Waals surface area contributed by atoms with E-state index in [-0.39, 0.29) is 33.0 Å². The maximum absolute atomic E-state index is 12.8. The summed E-state index contributed by atoms with van der Waals surface area (Å²) in [4.78, 5) is 38.4. The van der Waals surface area contributed by atoms with E-state index in [9.17, 15) is 19.7 Å². The largest absolute Gasteiger partial charge is 0.367 e. The van der Waals surface area contributed by atoms with Crippen molar-refractivity contribution in [2.45, 2.75) is 13.5 Å². The van der Waals surface area contributed by atoms with Crippen LogP contribution in [0.5, 0.6) is 0 Å². The van der Waals surface area contributed by atoms with Gasteiger partial charge in [0.15, 0.2) is 5.78 Å². The first-order valence-electron chi connectivity index (χ1n) is 7.81. The van der Waals surface area contributed by atoms with Crippen molar-refractivity contribution in [3.63, 3.8) is 0 Å². The summed E-state index contributed by atoms with van der Waals surface area (Å²) >= 11 is 9.25. The van der Waals surface area contributed by atoms with E-state index in [1.54, 1.807) is 0 Å². The molecule has 0 fully saturated rings. The normalized spacial score (nSPS) is 10.8. The van der Waals surface area contributed by atoms with Gasteiger partial charge in [-0.1, -0.05) is 39.7 Å². The van der Waals surface area contributed by atoms with Gasteiger partial charge >= 0.3 is 0 Å². The molecule has 3 rings (SSSR count). The minimum atomic E-state index is -0.629. The predicted octanol–water partition coefficient (Wildman–Crippen LogP) is 4.67. The average molecular weight is 451 g/mol. The highest BCUT2D eigenvalue weighted by Gasteiger charge is 2.22. The maximum atomic E-state index is 12.8. The van der Waals surface area contributed by atoms with E-state index in [1.165, 1.54) is 13.0 Å². The van der Waals surface area contributed by atoms with Crippen molar-refractivity contribution in [2.75, 3.05) is 5.32 Å². The summed E-state index contributed by atoms with van der Waals surface area (Å²) in [6.45, 7) is 1.58. The number of ketones is 1. The third-order valence-electron chi connectivity index (χ3n) is 3.99. The second-order valence-corrected chi connectivity index (χ2v) is 7.20. The van der Waals surface area contributed by atoms with Gasteiger partial charge in [-0.05, 0) is 30.7 Å². The van der Waals surface area contributed by atoms with Crippen LogP contribution in [-0.2, 0) is 6.54 Å². The van der Waals surface area contributed by atoms with Gasteiger partial charge in [0.05, 0.1) is 10.3 Å². The van der Waals surface area contributed by atoms with Crippen LogP contribution in [0.2, 0.25) is 5.02 Å². The third-order valence-corrected chi connectivity index (χ3v) is 4.73. The van der Waals surface area contributed by atoms with Crippen molar-refractivity contribution in [2.24, 2.45) is 0 Å². The number of pyridine rings is 1. The van der Waals surface area contributed by atoms with Gasteiger partial charge < -0.3 is 10.3 Å². The maximum Gasteiger partial charge on any atom is 0.294 e. The number of aromatic nitrogens is 1. The predicted molar refractivity (Wildman–Crippen MR) is 108 cm³/mol. The lowest BCUT2D eigenvalue weighted by atomic mass is 10.1. The molecule has 9 heteroatoms. The summed E-state index contributed by atoms with van der Waals surface area (Å²) in [5, 5.41) is 14.4. The van der Waals surface area contributed by atoms with Gasteiger partial charge in [0.2, 0.25) is 5.43 Å². The number of nitrogens with one attached hydrogen (secondary N) is 2. The summed E-state index contributed by atoms with van der Waals surface area (Å²) in [7, 11) is 0. The van der Waals surface area contributed by atoms with Gasteiger partial charge in [-0.3, -0.25) is 19.7 Å². The molecule has 0 unspecified atom stereocenters. The number of non-ortho nitro benzene ring substituents is 1. The molecule has 0 radical (unpaired) electrons. The average Bonchev–Trinajstić information content (AvgIpc) is 2.60. The first-order chi connectivity index (χ1) is 12.8. The molecule has 0 aliphatic heterocycles. The molecular formula is C18H13BrClN3O4. The Morgan fingerprint density at radius 3 is 2.56 bits per heavy atom. The monoisotopic (exact) mass is 449 g/mol. The zero-order valence-corrected chi connectivity index (χ0v) is 16.3. The zero-order chi connectivity index (χ0) is 19.7.